The first-order valence-corrected chi connectivity index (χ1v) is 3.37. The highest BCUT2D eigenvalue weighted by molar-refractivity contribution is 4.74. The maximum absolute atomic E-state index is 3.18. The third-order valence-electron chi connectivity index (χ3n) is 1.44. The van der Waals surface area contributed by atoms with Crippen molar-refractivity contribution in [2.24, 2.45) is 5.41 Å². The van der Waals surface area contributed by atoms with E-state index in [4.69, 9.17) is 0 Å². The molecular weight excluding hydrogens is 112 g/mol. The van der Waals surface area contributed by atoms with E-state index in [0.717, 1.165) is 0 Å². The highest BCUT2D eigenvalue weighted by Gasteiger charge is 2.20. The molecule has 9 heavy (non-hydrogen) atoms. The molecule has 2 nitrogen and oxygen atoms in total. The second-order valence-electron chi connectivity index (χ2n) is 3.38. The molecule has 0 amide bonds. The average molecular weight is 130 g/mol. The van der Waals surface area contributed by atoms with E-state index < -0.39 is 0 Å². The molecule has 56 valence electrons. The lowest BCUT2D eigenvalue weighted by atomic mass is 9.92. The van der Waals surface area contributed by atoms with Crippen molar-refractivity contribution in [3.8, 4) is 0 Å². The van der Waals surface area contributed by atoms with Crippen LogP contribution in [0.25, 0.3) is 0 Å². The summed E-state index contributed by atoms with van der Waals surface area (Å²) >= 11 is 0. The molecule has 0 atom stereocenters. The zero-order valence-corrected chi connectivity index (χ0v) is 7.08. The van der Waals surface area contributed by atoms with Crippen molar-refractivity contribution >= 4 is 0 Å². The molecule has 0 bridgehead atoms. The molecule has 0 heterocycles. The van der Waals surface area contributed by atoms with Gasteiger partial charge < -0.3 is 10.6 Å². The molecule has 0 aromatic rings. The Kier molecular flexibility index (Phi) is 3.15. The van der Waals surface area contributed by atoms with E-state index in [0.29, 0.717) is 11.6 Å². The zero-order chi connectivity index (χ0) is 7.49. The van der Waals surface area contributed by atoms with Gasteiger partial charge in [-0.3, -0.25) is 0 Å². The summed E-state index contributed by atoms with van der Waals surface area (Å²) in [5, 5.41) is 6.36. The van der Waals surface area contributed by atoms with Gasteiger partial charge >= 0.3 is 0 Å². The molecule has 0 unspecified atom stereocenters. The Labute approximate surface area is 58.0 Å². The van der Waals surface area contributed by atoms with Crippen LogP contribution in [0.4, 0.5) is 0 Å². The van der Waals surface area contributed by atoms with Crippen molar-refractivity contribution in [2.45, 2.75) is 26.9 Å². The predicted octanol–water partition coefficient (Wildman–Crippen LogP) is 0.797. The average Bonchev–Trinajstić information content (AvgIpc) is 1.65. The van der Waals surface area contributed by atoms with Gasteiger partial charge in [0, 0.05) is 0 Å². The van der Waals surface area contributed by atoms with Crippen molar-refractivity contribution in [1.29, 1.82) is 0 Å². The van der Waals surface area contributed by atoms with Gasteiger partial charge in [0.15, 0.2) is 0 Å². The molecule has 0 fully saturated rings. The molecule has 0 spiro atoms. The second kappa shape index (κ2) is 3.18. The molecule has 0 aliphatic heterocycles. The Morgan fingerprint density at radius 2 is 1.33 bits per heavy atom. The fraction of sp³-hybridized carbons (Fsp3) is 1.00. The van der Waals surface area contributed by atoms with Crippen molar-refractivity contribution in [3.05, 3.63) is 0 Å². The summed E-state index contributed by atoms with van der Waals surface area (Å²) < 4.78 is 0. The summed E-state index contributed by atoms with van der Waals surface area (Å²) in [4.78, 5) is 0. The van der Waals surface area contributed by atoms with Crippen LogP contribution < -0.4 is 10.6 Å². The summed E-state index contributed by atoms with van der Waals surface area (Å²) in [6.07, 6.45) is 0.400. The first kappa shape index (κ1) is 8.92. The summed E-state index contributed by atoms with van der Waals surface area (Å²) in [6, 6.07) is 0. The van der Waals surface area contributed by atoms with Gasteiger partial charge in [-0.1, -0.05) is 20.8 Å². The lowest BCUT2D eigenvalue weighted by Crippen LogP contribution is -2.47. The molecule has 0 aromatic carbocycles. The Hall–Kier alpha value is -0.0800. The van der Waals surface area contributed by atoms with Crippen LogP contribution >= 0.6 is 0 Å². The van der Waals surface area contributed by atoms with E-state index in [9.17, 15) is 0 Å². The van der Waals surface area contributed by atoms with Crippen LogP contribution in [0.2, 0.25) is 0 Å². The molecule has 0 aromatic heterocycles. The number of hydrogen-bond acceptors (Lipinski definition) is 2. The number of nitrogens with one attached hydrogen (secondary N) is 2. The minimum atomic E-state index is 0.295. The van der Waals surface area contributed by atoms with Crippen LogP contribution in [-0.4, -0.2) is 20.3 Å². The molecule has 0 saturated carbocycles. The normalized spacial score (nSPS) is 12.7. The van der Waals surface area contributed by atoms with E-state index in [-0.39, 0.29) is 0 Å². The Morgan fingerprint density at radius 1 is 1.00 bits per heavy atom. The first-order chi connectivity index (χ1) is 4.02. The van der Waals surface area contributed by atoms with E-state index in [1.54, 1.807) is 0 Å². The topological polar surface area (TPSA) is 24.1 Å². The van der Waals surface area contributed by atoms with Gasteiger partial charge in [0.25, 0.3) is 0 Å². The Morgan fingerprint density at radius 3 is 1.33 bits per heavy atom. The highest BCUT2D eigenvalue weighted by atomic mass is 15.1. The van der Waals surface area contributed by atoms with Crippen LogP contribution in [0.15, 0.2) is 0 Å². The summed E-state index contributed by atoms with van der Waals surface area (Å²) in [5.41, 5.74) is 0.295. The standard InChI is InChI=1S/C7H18N2/c1-7(2,3)6(8-4)9-5/h6,8-9H,1-5H3. The van der Waals surface area contributed by atoms with Gasteiger partial charge in [0.2, 0.25) is 0 Å². The van der Waals surface area contributed by atoms with Crippen molar-refractivity contribution in [1.82, 2.24) is 10.6 Å². The third kappa shape index (κ3) is 2.82. The molecule has 0 radical (unpaired) electrons. The zero-order valence-electron chi connectivity index (χ0n) is 7.08. The summed E-state index contributed by atoms with van der Waals surface area (Å²) in [5.74, 6) is 0. The molecule has 0 rings (SSSR count). The van der Waals surface area contributed by atoms with Crippen LogP contribution in [0.1, 0.15) is 20.8 Å². The maximum atomic E-state index is 3.18. The fourth-order valence-corrected chi connectivity index (χ4v) is 1.01. The van der Waals surface area contributed by atoms with Gasteiger partial charge in [0.1, 0.15) is 0 Å². The van der Waals surface area contributed by atoms with Crippen molar-refractivity contribution in [2.75, 3.05) is 14.1 Å². The Bertz CT molecular complexity index is 69.5. The quantitative estimate of drug-likeness (QED) is 0.540. The predicted molar refractivity (Wildman–Crippen MR) is 41.4 cm³/mol. The van der Waals surface area contributed by atoms with Crippen LogP contribution in [-0.2, 0) is 0 Å². The minimum absolute atomic E-state index is 0.295. The highest BCUT2D eigenvalue weighted by Crippen LogP contribution is 2.15. The fourth-order valence-electron chi connectivity index (χ4n) is 1.01. The monoisotopic (exact) mass is 130 g/mol. The van der Waals surface area contributed by atoms with Gasteiger partial charge in [-0.25, -0.2) is 0 Å². The van der Waals surface area contributed by atoms with Gasteiger partial charge in [-0.15, -0.1) is 0 Å². The third-order valence-corrected chi connectivity index (χ3v) is 1.44. The summed E-state index contributed by atoms with van der Waals surface area (Å²) in [7, 11) is 3.93. The van der Waals surface area contributed by atoms with Crippen molar-refractivity contribution < 1.29 is 0 Å². The van der Waals surface area contributed by atoms with E-state index in [2.05, 4.69) is 31.4 Å². The molecule has 2 N–H and O–H groups in total. The molecular formula is C7H18N2. The lowest BCUT2D eigenvalue weighted by Gasteiger charge is -2.29. The van der Waals surface area contributed by atoms with Crippen LogP contribution in [0.5, 0.6) is 0 Å². The van der Waals surface area contributed by atoms with Crippen molar-refractivity contribution in [3.63, 3.8) is 0 Å². The first-order valence-electron chi connectivity index (χ1n) is 3.37. The van der Waals surface area contributed by atoms with Crippen LogP contribution in [0.3, 0.4) is 0 Å². The smallest absolute Gasteiger partial charge is 0.0616 e. The van der Waals surface area contributed by atoms with E-state index in [1.807, 2.05) is 14.1 Å². The maximum Gasteiger partial charge on any atom is 0.0616 e. The lowest BCUT2D eigenvalue weighted by molar-refractivity contribution is 0.250. The summed E-state index contributed by atoms with van der Waals surface area (Å²) in [6.45, 7) is 6.60. The number of hydrogen-bond donors (Lipinski definition) is 2. The van der Waals surface area contributed by atoms with E-state index in [1.165, 1.54) is 0 Å². The van der Waals surface area contributed by atoms with Gasteiger partial charge in [-0.05, 0) is 19.5 Å². The Balaban J connectivity index is 3.79. The van der Waals surface area contributed by atoms with Crippen LogP contribution in [0, 0.1) is 5.41 Å². The second-order valence-corrected chi connectivity index (χ2v) is 3.38. The molecule has 0 aliphatic rings. The van der Waals surface area contributed by atoms with Gasteiger partial charge in [-0.2, -0.15) is 0 Å². The van der Waals surface area contributed by atoms with Gasteiger partial charge in [0.05, 0.1) is 6.17 Å². The molecule has 0 saturated heterocycles. The number of rotatable bonds is 2. The largest absolute Gasteiger partial charge is 0.305 e. The van der Waals surface area contributed by atoms with E-state index >= 15 is 0 Å². The molecule has 0 aliphatic carbocycles. The molecule has 2 heteroatoms. The minimum Gasteiger partial charge on any atom is -0.305 e. The SMILES string of the molecule is CNC(NC)C(C)(C)C.